The third-order valence-electron chi connectivity index (χ3n) is 5.39. The van der Waals surface area contributed by atoms with Crippen LogP contribution < -0.4 is 14.2 Å². The van der Waals surface area contributed by atoms with Crippen molar-refractivity contribution in [3.63, 3.8) is 0 Å². The summed E-state index contributed by atoms with van der Waals surface area (Å²) in [6, 6.07) is 29.3. The van der Waals surface area contributed by atoms with Gasteiger partial charge in [0.1, 0.15) is 17.2 Å². The SMILES string of the molecule is CCCCCCCCCCC(Oc1ccccc1)(Oc1ccccc1)Oc1ccccc1. The van der Waals surface area contributed by atoms with Crippen LogP contribution in [0.3, 0.4) is 0 Å². The third kappa shape index (κ3) is 8.30. The van der Waals surface area contributed by atoms with Gasteiger partial charge in [-0.15, -0.1) is 0 Å². The molecular formula is C29H36O3. The largest absolute Gasteiger partial charge is 0.421 e. The van der Waals surface area contributed by atoms with Crippen LogP contribution in [0.2, 0.25) is 0 Å². The highest BCUT2D eigenvalue weighted by Crippen LogP contribution is 2.31. The summed E-state index contributed by atoms with van der Waals surface area (Å²) in [5, 5.41) is 0. The summed E-state index contributed by atoms with van der Waals surface area (Å²) in [5.74, 6) is 0.920. The number of unbranched alkanes of at least 4 members (excludes halogenated alkanes) is 7. The Bertz CT molecular complexity index is 748. The Kier molecular flexibility index (Phi) is 9.98. The van der Waals surface area contributed by atoms with Crippen LogP contribution in [-0.2, 0) is 0 Å². The molecule has 170 valence electrons. The van der Waals surface area contributed by atoms with Gasteiger partial charge in [0.2, 0.25) is 0 Å². The number of benzene rings is 3. The van der Waals surface area contributed by atoms with Crippen molar-refractivity contribution in [2.24, 2.45) is 0 Å². The molecule has 3 heteroatoms. The molecule has 0 heterocycles. The molecule has 0 aromatic heterocycles. The first-order chi connectivity index (χ1) is 15.8. The van der Waals surface area contributed by atoms with Crippen LogP contribution >= 0.6 is 0 Å². The van der Waals surface area contributed by atoms with Crippen molar-refractivity contribution in [3.05, 3.63) is 91.0 Å². The predicted molar refractivity (Wildman–Crippen MR) is 131 cm³/mol. The van der Waals surface area contributed by atoms with Gasteiger partial charge in [0.25, 0.3) is 0 Å². The van der Waals surface area contributed by atoms with Crippen molar-refractivity contribution in [3.8, 4) is 17.2 Å². The maximum absolute atomic E-state index is 6.43. The van der Waals surface area contributed by atoms with Crippen LogP contribution in [0, 0.1) is 0 Å². The van der Waals surface area contributed by atoms with Gasteiger partial charge in [-0.05, 0) is 42.8 Å². The lowest BCUT2D eigenvalue weighted by molar-refractivity contribution is -0.257. The number of para-hydroxylation sites is 3. The normalized spacial score (nSPS) is 11.2. The summed E-state index contributed by atoms with van der Waals surface area (Å²) in [6.45, 7) is 2.26. The zero-order chi connectivity index (χ0) is 22.3. The molecule has 0 aliphatic carbocycles. The highest BCUT2D eigenvalue weighted by molar-refractivity contribution is 5.26. The first kappa shape index (κ1) is 23.7. The van der Waals surface area contributed by atoms with Crippen molar-refractivity contribution in [1.29, 1.82) is 0 Å². The Morgan fingerprint density at radius 1 is 0.469 bits per heavy atom. The topological polar surface area (TPSA) is 27.7 Å². The van der Waals surface area contributed by atoms with E-state index in [0.717, 1.165) is 30.1 Å². The molecule has 3 rings (SSSR count). The van der Waals surface area contributed by atoms with Gasteiger partial charge in [-0.1, -0.05) is 106 Å². The Morgan fingerprint density at radius 3 is 1.19 bits per heavy atom. The van der Waals surface area contributed by atoms with Gasteiger partial charge >= 0.3 is 5.97 Å². The molecule has 0 aliphatic heterocycles. The second kappa shape index (κ2) is 13.5. The maximum atomic E-state index is 6.43. The van der Waals surface area contributed by atoms with Crippen LogP contribution in [0.1, 0.15) is 64.7 Å². The quantitative estimate of drug-likeness (QED) is 0.178. The summed E-state index contributed by atoms with van der Waals surface area (Å²) in [7, 11) is 0. The molecule has 3 aromatic rings. The fourth-order valence-electron chi connectivity index (χ4n) is 3.70. The van der Waals surface area contributed by atoms with Crippen molar-refractivity contribution in [1.82, 2.24) is 0 Å². The lowest BCUT2D eigenvalue weighted by Gasteiger charge is -2.34. The minimum absolute atomic E-state index is 0.626. The van der Waals surface area contributed by atoms with Gasteiger partial charge in [-0.2, -0.15) is 0 Å². The fraction of sp³-hybridized carbons (Fsp3) is 0.379. The number of ether oxygens (including phenoxy) is 3. The second-order valence-electron chi connectivity index (χ2n) is 8.15. The molecule has 0 unspecified atom stereocenters. The molecule has 0 spiro atoms. The molecule has 0 bridgehead atoms. The third-order valence-corrected chi connectivity index (χ3v) is 5.39. The molecule has 0 radical (unpaired) electrons. The van der Waals surface area contributed by atoms with Gasteiger partial charge in [0.05, 0.1) is 6.42 Å². The van der Waals surface area contributed by atoms with E-state index in [1.54, 1.807) is 0 Å². The van der Waals surface area contributed by atoms with Crippen LogP contribution in [-0.4, -0.2) is 5.97 Å². The second-order valence-corrected chi connectivity index (χ2v) is 8.15. The summed E-state index contributed by atoms with van der Waals surface area (Å²) in [4.78, 5) is 0. The van der Waals surface area contributed by atoms with Gasteiger partial charge in [0.15, 0.2) is 0 Å². The maximum Gasteiger partial charge on any atom is 0.417 e. The molecule has 0 fully saturated rings. The first-order valence-corrected chi connectivity index (χ1v) is 12.0. The summed E-state index contributed by atoms with van der Waals surface area (Å²) in [6.07, 6.45) is 10.5. The van der Waals surface area contributed by atoms with Gasteiger partial charge < -0.3 is 14.2 Å². The number of hydrogen-bond acceptors (Lipinski definition) is 3. The van der Waals surface area contributed by atoms with E-state index >= 15 is 0 Å². The van der Waals surface area contributed by atoms with Gasteiger partial charge in [0, 0.05) is 0 Å². The Labute approximate surface area is 193 Å². The van der Waals surface area contributed by atoms with E-state index in [0.29, 0.717) is 6.42 Å². The summed E-state index contributed by atoms with van der Waals surface area (Å²) >= 11 is 0. The molecule has 32 heavy (non-hydrogen) atoms. The van der Waals surface area contributed by atoms with Gasteiger partial charge in [-0.3, -0.25) is 0 Å². The summed E-state index contributed by atoms with van der Waals surface area (Å²) < 4.78 is 19.3. The standard InChI is InChI=1S/C29H36O3/c1-2-3-4-5-6-7-8-18-25-29(30-26-19-12-9-13-20-26,31-27-21-14-10-15-22-27)32-28-23-16-11-17-24-28/h9-17,19-24H,2-8,18,25H2,1H3. The van der Waals surface area contributed by atoms with E-state index < -0.39 is 5.97 Å². The predicted octanol–water partition coefficient (Wildman–Crippen LogP) is 8.41. The lowest BCUT2D eigenvalue weighted by Crippen LogP contribution is -2.48. The molecule has 3 aromatic carbocycles. The minimum Gasteiger partial charge on any atom is -0.421 e. The van der Waals surface area contributed by atoms with Crippen molar-refractivity contribution in [2.75, 3.05) is 0 Å². The van der Waals surface area contributed by atoms with Gasteiger partial charge in [-0.25, -0.2) is 0 Å². The van der Waals surface area contributed by atoms with Crippen LogP contribution in [0.15, 0.2) is 91.0 Å². The average molecular weight is 433 g/mol. The van der Waals surface area contributed by atoms with E-state index in [2.05, 4.69) is 6.92 Å². The Morgan fingerprint density at radius 2 is 0.812 bits per heavy atom. The van der Waals surface area contributed by atoms with Crippen molar-refractivity contribution < 1.29 is 14.2 Å². The number of rotatable bonds is 15. The number of hydrogen-bond donors (Lipinski definition) is 0. The lowest BCUT2D eigenvalue weighted by atomic mass is 10.1. The molecule has 0 atom stereocenters. The van der Waals surface area contributed by atoms with E-state index in [1.807, 2.05) is 91.0 Å². The monoisotopic (exact) mass is 432 g/mol. The highest BCUT2D eigenvalue weighted by atomic mass is 16.9. The molecule has 0 amide bonds. The van der Waals surface area contributed by atoms with E-state index in [4.69, 9.17) is 14.2 Å². The van der Waals surface area contributed by atoms with E-state index in [1.165, 1.54) is 38.5 Å². The van der Waals surface area contributed by atoms with Crippen molar-refractivity contribution >= 4 is 0 Å². The Balaban J connectivity index is 1.74. The average Bonchev–Trinajstić information content (AvgIpc) is 2.83. The van der Waals surface area contributed by atoms with E-state index in [9.17, 15) is 0 Å². The van der Waals surface area contributed by atoms with E-state index in [-0.39, 0.29) is 0 Å². The molecule has 0 saturated heterocycles. The molecule has 0 N–H and O–H groups in total. The zero-order valence-electron chi connectivity index (χ0n) is 19.2. The molecule has 0 saturated carbocycles. The van der Waals surface area contributed by atoms with Crippen molar-refractivity contribution in [2.45, 2.75) is 70.7 Å². The van der Waals surface area contributed by atoms with Crippen LogP contribution in [0.25, 0.3) is 0 Å². The molecular weight excluding hydrogens is 396 g/mol. The zero-order valence-corrected chi connectivity index (χ0v) is 19.2. The van der Waals surface area contributed by atoms with Crippen LogP contribution in [0.5, 0.6) is 17.2 Å². The molecule has 0 aliphatic rings. The smallest absolute Gasteiger partial charge is 0.417 e. The molecule has 3 nitrogen and oxygen atoms in total. The highest BCUT2D eigenvalue weighted by Gasteiger charge is 2.38. The first-order valence-electron chi connectivity index (χ1n) is 12.0. The fourth-order valence-corrected chi connectivity index (χ4v) is 3.70. The summed E-state index contributed by atoms with van der Waals surface area (Å²) in [5.41, 5.74) is 0. The Hall–Kier alpha value is -2.94. The van der Waals surface area contributed by atoms with Crippen LogP contribution in [0.4, 0.5) is 0 Å². The minimum atomic E-state index is -1.24.